The fourth-order valence-corrected chi connectivity index (χ4v) is 2.71. The normalized spacial score (nSPS) is 18.9. The predicted molar refractivity (Wildman–Crippen MR) is 87.3 cm³/mol. The summed E-state index contributed by atoms with van der Waals surface area (Å²) in [7, 11) is 0. The molecule has 1 aliphatic rings. The fraction of sp³-hybridized carbons (Fsp3) is 0.588. The molecule has 1 aromatic carbocycles. The SMILES string of the molecule is CCC(C)(C)NC(=O)CN1CCCC(N)c2ccccc21. The second-order valence-corrected chi connectivity index (χ2v) is 6.51. The first-order valence-electron chi connectivity index (χ1n) is 7.83. The average molecular weight is 289 g/mol. The van der Waals surface area contributed by atoms with E-state index in [-0.39, 0.29) is 17.5 Å². The minimum atomic E-state index is -0.154. The highest BCUT2D eigenvalue weighted by molar-refractivity contribution is 5.82. The number of anilines is 1. The van der Waals surface area contributed by atoms with E-state index < -0.39 is 0 Å². The third-order valence-electron chi connectivity index (χ3n) is 4.32. The van der Waals surface area contributed by atoms with E-state index in [1.165, 1.54) is 0 Å². The van der Waals surface area contributed by atoms with Crippen LogP contribution in [0.25, 0.3) is 0 Å². The van der Waals surface area contributed by atoms with E-state index in [4.69, 9.17) is 5.73 Å². The van der Waals surface area contributed by atoms with Gasteiger partial charge in [0, 0.05) is 23.8 Å². The Morgan fingerprint density at radius 3 is 2.86 bits per heavy atom. The summed E-state index contributed by atoms with van der Waals surface area (Å²) in [6.07, 6.45) is 2.90. The second kappa shape index (κ2) is 6.48. The van der Waals surface area contributed by atoms with Crippen molar-refractivity contribution in [3.8, 4) is 0 Å². The summed E-state index contributed by atoms with van der Waals surface area (Å²) in [4.78, 5) is 14.5. The first-order chi connectivity index (χ1) is 9.93. The number of nitrogens with two attached hydrogens (primary N) is 1. The number of hydrogen-bond donors (Lipinski definition) is 2. The first kappa shape index (κ1) is 15.8. The van der Waals surface area contributed by atoms with Gasteiger partial charge in [0.25, 0.3) is 0 Å². The van der Waals surface area contributed by atoms with Crippen LogP contribution in [0.5, 0.6) is 0 Å². The summed E-state index contributed by atoms with van der Waals surface area (Å²) >= 11 is 0. The number of para-hydroxylation sites is 1. The second-order valence-electron chi connectivity index (χ2n) is 6.51. The molecule has 1 amide bonds. The van der Waals surface area contributed by atoms with Crippen LogP contribution in [0.1, 0.15) is 51.6 Å². The van der Waals surface area contributed by atoms with E-state index in [1.807, 2.05) is 12.1 Å². The lowest BCUT2D eigenvalue weighted by molar-refractivity contribution is -0.121. The molecule has 4 heteroatoms. The average Bonchev–Trinajstić information content (AvgIpc) is 2.59. The Labute approximate surface area is 127 Å². The molecule has 3 N–H and O–H groups in total. The molecule has 1 aromatic rings. The van der Waals surface area contributed by atoms with Gasteiger partial charge in [0.05, 0.1) is 6.54 Å². The van der Waals surface area contributed by atoms with Crippen LogP contribution in [0, 0.1) is 0 Å². The molecular formula is C17H27N3O. The van der Waals surface area contributed by atoms with Crippen molar-refractivity contribution in [3.63, 3.8) is 0 Å². The number of fused-ring (bicyclic) bond motifs is 1. The molecule has 0 radical (unpaired) electrons. The smallest absolute Gasteiger partial charge is 0.239 e. The van der Waals surface area contributed by atoms with Crippen LogP contribution >= 0.6 is 0 Å². The van der Waals surface area contributed by atoms with E-state index in [9.17, 15) is 4.79 Å². The molecule has 21 heavy (non-hydrogen) atoms. The van der Waals surface area contributed by atoms with Crippen molar-refractivity contribution in [1.29, 1.82) is 0 Å². The molecule has 1 aliphatic heterocycles. The van der Waals surface area contributed by atoms with Crippen molar-refractivity contribution < 1.29 is 4.79 Å². The number of carbonyl (C=O) groups is 1. The van der Waals surface area contributed by atoms with Crippen molar-refractivity contribution >= 4 is 11.6 Å². The van der Waals surface area contributed by atoms with Gasteiger partial charge in [-0.05, 0) is 44.7 Å². The minimum absolute atomic E-state index is 0.0707. The highest BCUT2D eigenvalue weighted by Gasteiger charge is 2.24. The topological polar surface area (TPSA) is 58.4 Å². The van der Waals surface area contributed by atoms with Gasteiger partial charge in [0.1, 0.15) is 0 Å². The van der Waals surface area contributed by atoms with Gasteiger partial charge in [0.2, 0.25) is 5.91 Å². The Balaban J connectivity index is 2.13. The first-order valence-corrected chi connectivity index (χ1v) is 7.83. The van der Waals surface area contributed by atoms with Crippen LogP contribution in [-0.4, -0.2) is 24.5 Å². The quantitative estimate of drug-likeness (QED) is 0.895. The van der Waals surface area contributed by atoms with Crippen molar-refractivity contribution in [3.05, 3.63) is 29.8 Å². The maximum atomic E-state index is 12.3. The number of carbonyl (C=O) groups excluding carboxylic acids is 1. The Kier molecular flexibility index (Phi) is 4.88. The summed E-state index contributed by atoms with van der Waals surface area (Å²) in [5, 5.41) is 3.10. The predicted octanol–water partition coefficient (Wildman–Crippen LogP) is 2.59. The number of amides is 1. The molecule has 0 saturated carbocycles. The van der Waals surface area contributed by atoms with Gasteiger partial charge in [-0.15, -0.1) is 0 Å². The highest BCUT2D eigenvalue weighted by Crippen LogP contribution is 2.31. The molecule has 116 valence electrons. The Morgan fingerprint density at radius 1 is 1.43 bits per heavy atom. The molecule has 1 unspecified atom stereocenters. The molecule has 0 fully saturated rings. The van der Waals surface area contributed by atoms with Crippen molar-refractivity contribution in [2.45, 2.75) is 51.6 Å². The molecule has 0 aliphatic carbocycles. The van der Waals surface area contributed by atoms with Crippen LogP contribution < -0.4 is 16.0 Å². The van der Waals surface area contributed by atoms with Crippen molar-refractivity contribution in [1.82, 2.24) is 5.32 Å². The van der Waals surface area contributed by atoms with Crippen molar-refractivity contribution in [2.24, 2.45) is 5.73 Å². The number of hydrogen-bond acceptors (Lipinski definition) is 3. The zero-order valence-electron chi connectivity index (χ0n) is 13.4. The number of benzene rings is 1. The van der Waals surface area contributed by atoms with Gasteiger partial charge in [-0.25, -0.2) is 0 Å². The maximum Gasteiger partial charge on any atom is 0.239 e. The third-order valence-corrected chi connectivity index (χ3v) is 4.32. The van der Waals surface area contributed by atoms with Gasteiger partial charge in [-0.3, -0.25) is 4.79 Å². The summed E-state index contributed by atoms with van der Waals surface area (Å²) in [6.45, 7) is 7.47. The van der Waals surface area contributed by atoms with Gasteiger partial charge < -0.3 is 16.0 Å². The number of rotatable bonds is 4. The van der Waals surface area contributed by atoms with Crippen LogP contribution in [0.2, 0.25) is 0 Å². The van der Waals surface area contributed by atoms with Crippen LogP contribution in [0.4, 0.5) is 5.69 Å². The van der Waals surface area contributed by atoms with E-state index in [2.05, 4.69) is 43.1 Å². The largest absolute Gasteiger partial charge is 0.362 e. The molecule has 1 heterocycles. The zero-order chi connectivity index (χ0) is 15.5. The van der Waals surface area contributed by atoms with E-state index in [0.717, 1.165) is 37.1 Å². The maximum absolute atomic E-state index is 12.3. The fourth-order valence-electron chi connectivity index (χ4n) is 2.71. The molecule has 2 rings (SSSR count). The molecule has 0 saturated heterocycles. The highest BCUT2D eigenvalue weighted by atomic mass is 16.2. The molecule has 1 atom stereocenters. The lowest BCUT2D eigenvalue weighted by Gasteiger charge is -2.29. The summed E-state index contributed by atoms with van der Waals surface area (Å²) in [5.74, 6) is 0.0760. The third kappa shape index (κ3) is 3.97. The van der Waals surface area contributed by atoms with Gasteiger partial charge >= 0.3 is 0 Å². The van der Waals surface area contributed by atoms with Gasteiger partial charge in [0.15, 0.2) is 0 Å². The van der Waals surface area contributed by atoms with Gasteiger partial charge in [-0.2, -0.15) is 0 Å². The summed E-state index contributed by atoms with van der Waals surface area (Å²) in [6, 6.07) is 8.24. The molecular weight excluding hydrogens is 262 g/mol. The van der Waals surface area contributed by atoms with Gasteiger partial charge in [-0.1, -0.05) is 25.1 Å². The van der Waals surface area contributed by atoms with Crippen LogP contribution in [0.3, 0.4) is 0 Å². The lowest BCUT2D eigenvalue weighted by Crippen LogP contribution is -2.47. The number of nitrogens with one attached hydrogen (secondary N) is 1. The zero-order valence-corrected chi connectivity index (χ0v) is 13.4. The molecule has 4 nitrogen and oxygen atoms in total. The van der Waals surface area contributed by atoms with E-state index >= 15 is 0 Å². The molecule has 0 aromatic heterocycles. The standard InChI is InChI=1S/C17H27N3O/c1-4-17(2,3)19-16(21)12-20-11-7-9-14(18)13-8-5-6-10-15(13)20/h5-6,8,10,14H,4,7,9,11-12,18H2,1-3H3,(H,19,21). The van der Waals surface area contributed by atoms with E-state index in [0.29, 0.717) is 6.54 Å². The van der Waals surface area contributed by atoms with E-state index in [1.54, 1.807) is 0 Å². The van der Waals surface area contributed by atoms with Crippen LogP contribution in [-0.2, 0) is 4.79 Å². The van der Waals surface area contributed by atoms with Crippen molar-refractivity contribution in [2.75, 3.05) is 18.0 Å². The lowest BCUT2D eigenvalue weighted by atomic mass is 10.0. The Bertz CT molecular complexity index is 499. The number of nitrogens with zero attached hydrogens (tertiary/aromatic N) is 1. The Hall–Kier alpha value is -1.55. The summed E-state index contributed by atoms with van der Waals surface area (Å²) in [5.41, 5.74) is 8.34. The molecule has 0 spiro atoms. The summed E-state index contributed by atoms with van der Waals surface area (Å²) < 4.78 is 0. The van der Waals surface area contributed by atoms with Crippen LogP contribution in [0.15, 0.2) is 24.3 Å². The Morgan fingerprint density at radius 2 is 2.14 bits per heavy atom. The minimum Gasteiger partial charge on any atom is -0.362 e. The molecule has 0 bridgehead atoms. The monoisotopic (exact) mass is 289 g/mol.